The summed E-state index contributed by atoms with van der Waals surface area (Å²) in [4.78, 5) is 39.0. The zero-order chi connectivity index (χ0) is 22.5. The van der Waals surface area contributed by atoms with Crippen LogP contribution in [-0.4, -0.2) is 45.6 Å². The molecule has 2 amide bonds. The van der Waals surface area contributed by atoms with E-state index in [-0.39, 0.29) is 17.4 Å². The van der Waals surface area contributed by atoms with E-state index in [1.807, 2.05) is 71.6 Å². The van der Waals surface area contributed by atoms with Gasteiger partial charge in [0.15, 0.2) is 18.9 Å². The number of carboxylic acids is 1. The molecule has 4 rings (SSSR count). The average molecular weight is 468 g/mol. The summed E-state index contributed by atoms with van der Waals surface area (Å²) in [7, 11) is 0. The van der Waals surface area contributed by atoms with Gasteiger partial charge in [-0.1, -0.05) is 30.3 Å². The first-order valence-electron chi connectivity index (χ1n) is 10.0. The van der Waals surface area contributed by atoms with Crippen LogP contribution >= 0.6 is 23.5 Å². The molecule has 0 unspecified atom stereocenters. The lowest BCUT2D eigenvalue weighted by Gasteiger charge is -2.50. The van der Waals surface area contributed by atoms with E-state index in [0.717, 1.165) is 4.90 Å². The molecule has 7 nitrogen and oxygen atoms in total. The highest BCUT2D eigenvalue weighted by molar-refractivity contribution is 8.00. The number of rotatable bonds is 8. The van der Waals surface area contributed by atoms with Crippen LogP contribution in [0.3, 0.4) is 0 Å². The van der Waals surface area contributed by atoms with Gasteiger partial charge in [-0.2, -0.15) is 0 Å². The van der Waals surface area contributed by atoms with Gasteiger partial charge in [-0.05, 0) is 23.8 Å². The number of allylic oxidation sites excluding steroid dienone is 2. The fourth-order valence-electron chi connectivity index (χ4n) is 3.51. The summed E-state index contributed by atoms with van der Waals surface area (Å²) in [6, 6.07) is 14.5. The van der Waals surface area contributed by atoms with E-state index in [4.69, 9.17) is 0 Å². The third-order valence-corrected chi connectivity index (χ3v) is 7.35. The molecule has 1 aromatic carbocycles. The molecule has 2 aromatic rings. The normalized spacial score (nSPS) is 20.1. The summed E-state index contributed by atoms with van der Waals surface area (Å²) < 4.78 is 1.95. The number of aromatic nitrogens is 1. The molecular formula is C23H21N3O4S2. The predicted molar refractivity (Wildman–Crippen MR) is 120 cm³/mol. The zero-order valence-corrected chi connectivity index (χ0v) is 18.7. The van der Waals surface area contributed by atoms with Crippen LogP contribution in [0.1, 0.15) is 0 Å². The number of carbonyl (C=O) groups is 3. The lowest BCUT2D eigenvalue weighted by atomic mass is 10.0. The number of amides is 2. The van der Waals surface area contributed by atoms with Crippen LogP contribution in [0.25, 0.3) is 0 Å². The van der Waals surface area contributed by atoms with Crippen molar-refractivity contribution in [2.45, 2.75) is 22.9 Å². The monoisotopic (exact) mass is 467 g/mol. The van der Waals surface area contributed by atoms with Crippen LogP contribution in [0.2, 0.25) is 0 Å². The number of hydrogen-bond donors (Lipinski definition) is 1. The second-order valence-corrected chi connectivity index (χ2v) is 9.35. The topological polar surface area (TPSA) is 93.4 Å². The number of aliphatic carboxylic acids is 1. The van der Waals surface area contributed by atoms with Crippen LogP contribution < -0.4 is 15.0 Å². The molecule has 1 saturated heterocycles. The van der Waals surface area contributed by atoms with Crippen LogP contribution in [0, 0.1) is 0 Å². The number of carbonyl (C=O) groups excluding carboxylic acids is 3. The molecule has 2 atom stereocenters. The lowest BCUT2D eigenvalue weighted by Crippen LogP contribution is -2.71. The van der Waals surface area contributed by atoms with Crippen LogP contribution in [0.4, 0.5) is 0 Å². The third kappa shape index (κ3) is 4.89. The Bertz CT molecular complexity index is 1070. The summed E-state index contributed by atoms with van der Waals surface area (Å²) in [6.45, 7) is 0.574. The molecule has 9 heteroatoms. The molecule has 0 spiro atoms. The highest BCUT2D eigenvalue weighted by atomic mass is 32.2. The molecule has 3 heterocycles. The maximum atomic E-state index is 12.7. The molecule has 1 fully saturated rings. The van der Waals surface area contributed by atoms with E-state index in [0.29, 0.717) is 17.9 Å². The highest BCUT2D eigenvalue weighted by Gasteiger charge is 2.52. The van der Waals surface area contributed by atoms with E-state index in [1.54, 1.807) is 6.08 Å². The first kappa shape index (κ1) is 22.2. The number of thioether (sulfide) groups is 2. The van der Waals surface area contributed by atoms with Gasteiger partial charge in [-0.15, -0.1) is 23.5 Å². The van der Waals surface area contributed by atoms with Gasteiger partial charge in [0, 0.05) is 22.8 Å². The largest absolute Gasteiger partial charge is 0.543 e. The van der Waals surface area contributed by atoms with Crippen molar-refractivity contribution in [3.05, 3.63) is 84.3 Å². The molecule has 0 bridgehead atoms. The molecule has 0 radical (unpaired) electrons. The maximum Gasteiger partial charge on any atom is 0.253 e. The number of nitrogens with zero attached hydrogens (tertiary/aromatic N) is 2. The Morgan fingerprint density at radius 1 is 1.19 bits per heavy atom. The molecular weight excluding hydrogens is 446 g/mol. The van der Waals surface area contributed by atoms with Crippen molar-refractivity contribution in [2.24, 2.45) is 0 Å². The molecule has 2 aliphatic heterocycles. The average Bonchev–Trinajstić information content (AvgIpc) is 2.82. The quantitative estimate of drug-likeness (QED) is 0.350. The van der Waals surface area contributed by atoms with E-state index in [1.165, 1.54) is 28.4 Å². The Hall–Kier alpha value is -3.04. The van der Waals surface area contributed by atoms with E-state index in [2.05, 4.69) is 5.32 Å². The Labute approximate surface area is 194 Å². The summed E-state index contributed by atoms with van der Waals surface area (Å²) in [6.07, 6.45) is 7.40. The number of hydrogen-bond acceptors (Lipinski definition) is 6. The Kier molecular flexibility index (Phi) is 6.96. The van der Waals surface area contributed by atoms with Gasteiger partial charge in [-0.25, -0.2) is 4.57 Å². The number of pyridine rings is 1. The van der Waals surface area contributed by atoms with Gasteiger partial charge in [0.05, 0.1) is 17.4 Å². The molecule has 32 heavy (non-hydrogen) atoms. The minimum Gasteiger partial charge on any atom is -0.543 e. The van der Waals surface area contributed by atoms with Crippen molar-refractivity contribution in [1.29, 1.82) is 0 Å². The molecule has 0 aliphatic carbocycles. The van der Waals surface area contributed by atoms with Crippen molar-refractivity contribution >= 4 is 41.3 Å². The van der Waals surface area contributed by atoms with Gasteiger partial charge in [0.2, 0.25) is 5.91 Å². The third-order valence-electron chi connectivity index (χ3n) is 5.03. The summed E-state index contributed by atoms with van der Waals surface area (Å²) >= 11 is 2.81. The van der Waals surface area contributed by atoms with Crippen molar-refractivity contribution in [3.63, 3.8) is 0 Å². The summed E-state index contributed by atoms with van der Waals surface area (Å²) in [5, 5.41) is 14.1. The molecule has 1 N–H and O–H groups in total. The number of carboxylic acid groups (broad SMARTS) is 1. The van der Waals surface area contributed by atoms with Gasteiger partial charge in [0.1, 0.15) is 11.4 Å². The van der Waals surface area contributed by atoms with E-state index >= 15 is 0 Å². The maximum absolute atomic E-state index is 12.7. The first-order valence-corrected chi connectivity index (χ1v) is 12.0. The molecule has 0 saturated carbocycles. The highest BCUT2D eigenvalue weighted by Crippen LogP contribution is 2.40. The minimum atomic E-state index is -1.39. The fraction of sp³-hybridized carbons (Fsp3) is 0.217. The second-order valence-electron chi connectivity index (χ2n) is 7.19. The number of β-lactam (4-membered cyclic amide) rings is 1. The van der Waals surface area contributed by atoms with Crippen molar-refractivity contribution < 1.29 is 24.1 Å². The van der Waals surface area contributed by atoms with Gasteiger partial charge in [-0.3, -0.25) is 14.5 Å². The SMILES string of the molecule is O=C(CSc1ccccc1)N[C@@H]1C(=O)N2C(C(=O)[O-])=C(C=CC[n+]3ccccc3)CS[C@H]12. The second kappa shape index (κ2) is 10.1. The number of fused-ring (bicyclic) bond motifs is 1. The minimum absolute atomic E-state index is 0.114. The summed E-state index contributed by atoms with van der Waals surface area (Å²) in [5.41, 5.74) is 0.415. The molecule has 2 aliphatic rings. The van der Waals surface area contributed by atoms with E-state index in [9.17, 15) is 19.5 Å². The zero-order valence-electron chi connectivity index (χ0n) is 17.0. The Morgan fingerprint density at radius 3 is 2.62 bits per heavy atom. The fourth-order valence-corrected chi connectivity index (χ4v) is 5.56. The van der Waals surface area contributed by atoms with Gasteiger partial charge in [0.25, 0.3) is 5.91 Å². The van der Waals surface area contributed by atoms with Gasteiger partial charge < -0.3 is 15.2 Å². The number of nitrogens with one attached hydrogen (secondary N) is 1. The first-order chi connectivity index (χ1) is 15.5. The van der Waals surface area contributed by atoms with Crippen molar-refractivity contribution in [3.8, 4) is 0 Å². The molecule has 1 aromatic heterocycles. The number of benzene rings is 1. The van der Waals surface area contributed by atoms with Crippen molar-refractivity contribution in [1.82, 2.24) is 10.2 Å². The summed E-state index contributed by atoms with van der Waals surface area (Å²) in [5.74, 6) is -1.48. The standard InChI is InChI=1S/C23H21N3O4S2/c27-18(15-31-17-9-3-1-4-10-17)24-19-21(28)26-20(23(29)30)16(14-32-22(19)26)8-7-13-25-11-5-2-6-12-25/h1-12,19,22H,13-15H2,(H-,24,27,29,30)/t19-,22-/m1/s1. The van der Waals surface area contributed by atoms with Crippen LogP contribution in [0.5, 0.6) is 0 Å². The Balaban J connectivity index is 1.39. The van der Waals surface area contributed by atoms with Gasteiger partial charge >= 0.3 is 0 Å². The lowest BCUT2D eigenvalue weighted by molar-refractivity contribution is -0.687. The van der Waals surface area contributed by atoms with E-state index < -0.39 is 23.3 Å². The Morgan fingerprint density at radius 2 is 1.91 bits per heavy atom. The van der Waals surface area contributed by atoms with Crippen LogP contribution in [-0.2, 0) is 20.9 Å². The molecule has 164 valence electrons. The smallest absolute Gasteiger partial charge is 0.253 e. The van der Waals surface area contributed by atoms with Crippen molar-refractivity contribution in [2.75, 3.05) is 11.5 Å². The predicted octanol–water partition coefficient (Wildman–Crippen LogP) is 0.727. The van der Waals surface area contributed by atoms with Crippen LogP contribution in [0.15, 0.2) is 89.2 Å².